The first kappa shape index (κ1) is 17.3. The van der Waals surface area contributed by atoms with Gasteiger partial charge in [0.1, 0.15) is 24.8 Å². The first-order chi connectivity index (χ1) is 13.0. The molecule has 1 atom stereocenters. The Morgan fingerprint density at radius 1 is 1.07 bits per heavy atom. The first-order valence-electron chi connectivity index (χ1n) is 8.47. The number of ether oxygens (including phenoxy) is 2. The van der Waals surface area contributed by atoms with E-state index in [1.165, 1.54) is 4.90 Å². The number of nitrogens with zero attached hydrogens (tertiary/aromatic N) is 1. The van der Waals surface area contributed by atoms with E-state index in [-0.39, 0.29) is 24.6 Å². The second-order valence-corrected chi connectivity index (χ2v) is 6.35. The summed E-state index contributed by atoms with van der Waals surface area (Å²) in [6.07, 6.45) is 0.00306. The Bertz CT molecular complexity index is 919. The first-order valence-corrected chi connectivity index (χ1v) is 8.47. The van der Waals surface area contributed by atoms with Crippen molar-refractivity contribution in [2.75, 3.05) is 30.0 Å². The Morgan fingerprint density at radius 3 is 2.63 bits per heavy atom. The number of benzene rings is 2. The Kier molecular flexibility index (Phi) is 4.39. The standard InChI is InChI=1S/C19H16F2N2O4/c20-12-1-3-15(14(21)8-12)22-19(25)11-7-18(24)23(10-11)13-2-4-16-17(9-13)27-6-5-26-16/h1-4,8-9,11H,5-7,10H2,(H,22,25)/t11-/m1/s1. The van der Waals surface area contributed by atoms with Crippen molar-refractivity contribution in [1.29, 1.82) is 0 Å². The molecule has 4 rings (SSSR count). The molecule has 2 amide bonds. The summed E-state index contributed by atoms with van der Waals surface area (Å²) in [5.41, 5.74) is 0.485. The van der Waals surface area contributed by atoms with E-state index in [0.717, 1.165) is 12.1 Å². The average molecular weight is 374 g/mol. The molecule has 2 aliphatic heterocycles. The summed E-state index contributed by atoms with van der Waals surface area (Å²) < 4.78 is 37.7. The molecule has 140 valence electrons. The van der Waals surface area contributed by atoms with Crippen molar-refractivity contribution < 1.29 is 27.8 Å². The van der Waals surface area contributed by atoms with Gasteiger partial charge in [0.05, 0.1) is 11.6 Å². The number of carbonyl (C=O) groups excluding carboxylic acids is 2. The SMILES string of the molecule is O=C(Nc1ccc(F)cc1F)[C@@H]1CC(=O)N(c2ccc3c(c2)OCCO3)C1. The zero-order chi connectivity index (χ0) is 19.0. The lowest BCUT2D eigenvalue weighted by molar-refractivity contribution is -0.122. The molecular formula is C19H16F2N2O4. The maximum atomic E-state index is 13.7. The molecular weight excluding hydrogens is 358 g/mol. The molecule has 27 heavy (non-hydrogen) atoms. The Balaban J connectivity index is 1.48. The van der Waals surface area contributed by atoms with Crippen LogP contribution < -0.4 is 19.7 Å². The van der Waals surface area contributed by atoms with Crippen LogP contribution >= 0.6 is 0 Å². The highest BCUT2D eigenvalue weighted by Gasteiger charge is 2.36. The summed E-state index contributed by atoms with van der Waals surface area (Å²) in [5.74, 6) is -1.79. The Morgan fingerprint density at radius 2 is 1.85 bits per heavy atom. The normalized spacial score (nSPS) is 18.5. The van der Waals surface area contributed by atoms with Gasteiger partial charge in [-0.05, 0) is 24.3 Å². The van der Waals surface area contributed by atoms with E-state index in [1.54, 1.807) is 18.2 Å². The van der Waals surface area contributed by atoms with E-state index in [2.05, 4.69) is 5.32 Å². The maximum Gasteiger partial charge on any atom is 0.229 e. The van der Waals surface area contributed by atoms with E-state index >= 15 is 0 Å². The number of rotatable bonds is 3. The molecule has 0 saturated carbocycles. The van der Waals surface area contributed by atoms with Crippen LogP contribution in [-0.2, 0) is 9.59 Å². The van der Waals surface area contributed by atoms with Gasteiger partial charge in [-0.15, -0.1) is 0 Å². The predicted octanol–water partition coefficient (Wildman–Crippen LogP) is 2.73. The van der Waals surface area contributed by atoms with Crippen molar-refractivity contribution in [1.82, 2.24) is 0 Å². The molecule has 2 aromatic rings. The molecule has 0 aliphatic carbocycles. The smallest absolute Gasteiger partial charge is 0.229 e. The molecule has 6 nitrogen and oxygen atoms in total. The largest absolute Gasteiger partial charge is 0.486 e. The third kappa shape index (κ3) is 3.42. The monoisotopic (exact) mass is 374 g/mol. The number of carbonyl (C=O) groups is 2. The summed E-state index contributed by atoms with van der Waals surface area (Å²) in [6.45, 7) is 1.06. The quantitative estimate of drug-likeness (QED) is 0.897. The van der Waals surface area contributed by atoms with Crippen LogP contribution in [0.1, 0.15) is 6.42 Å². The summed E-state index contributed by atoms with van der Waals surface area (Å²) >= 11 is 0. The van der Waals surface area contributed by atoms with Crippen LogP contribution in [0, 0.1) is 17.6 Å². The predicted molar refractivity (Wildman–Crippen MR) is 92.9 cm³/mol. The van der Waals surface area contributed by atoms with Crippen LogP contribution in [0.25, 0.3) is 0 Å². The third-order valence-corrected chi connectivity index (χ3v) is 4.52. The van der Waals surface area contributed by atoms with Gasteiger partial charge in [0, 0.05) is 30.8 Å². The highest BCUT2D eigenvalue weighted by atomic mass is 19.1. The van der Waals surface area contributed by atoms with E-state index < -0.39 is 23.5 Å². The van der Waals surface area contributed by atoms with Gasteiger partial charge in [-0.1, -0.05) is 0 Å². The van der Waals surface area contributed by atoms with Gasteiger partial charge in [-0.25, -0.2) is 8.78 Å². The Hall–Kier alpha value is -3.16. The molecule has 0 spiro atoms. The molecule has 1 saturated heterocycles. The second kappa shape index (κ2) is 6.86. The lowest BCUT2D eigenvalue weighted by atomic mass is 10.1. The Labute approximate surface area is 153 Å². The lowest BCUT2D eigenvalue weighted by Gasteiger charge is -2.22. The number of hydrogen-bond donors (Lipinski definition) is 1. The van der Waals surface area contributed by atoms with E-state index in [4.69, 9.17) is 9.47 Å². The van der Waals surface area contributed by atoms with E-state index in [0.29, 0.717) is 36.5 Å². The van der Waals surface area contributed by atoms with Crippen LogP contribution in [-0.4, -0.2) is 31.6 Å². The number of fused-ring (bicyclic) bond motifs is 1. The van der Waals surface area contributed by atoms with Gasteiger partial charge >= 0.3 is 0 Å². The van der Waals surface area contributed by atoms with Crippen LogP contribution in [0.3, 0.4) is 0 Å². The second-order valence-electron chi connectivity index (χ2n) is 6.35. The van der Waals surface area contributed by atoms with E-state index in [9.17, 15) is 18.4 Å². The average Bonchev–Trinajstić information content (AvgIpc) is 3.05. The molecule has 0 unspecified atom stereocenters. The number of anilines is 2. The van der Waals surface area contributed by atoms with Crippen LogP contribution in [0.15, 0.2) is 36.4 Å². The molecule has 8 heteroatoms. The zero-order valence-electron chi connectivity index (χ0n) is 14.2. The molecule has 0 bridgehead atoms. The molecule has 1 fully saturated rings. The fourth-order valence-corrected chi connectivity index (χ4v) is 3.16. The van der Waals surface area contributed by atoms with Gasteiger partial charge in [-0.3, -0.25) is 9.59 Å². The number of halogens is 2. The van der Waals surface area contributed by atoms with Gasteiger partial charge in [0.15, 0.2) is 11.5 Å². The summed E-state index contributed by atoms with van der Waals surface area (Å²) in [6, 6.07) is 8.05. The maximum absolute atomic E-state index is 13.7. The van der Waals surface area contributed by atoms with Crippen molar-refractivity contribution in [3.63, 3.8) is 0 Å². The third-order valence-electron chi connectivity index (χ3n) is 4.52. The van der Waals surface area contributed by atoms with Crippen molar-refractivity contribution in [3.05, 3.63) is 48.0 Å². The summed E-state index contributed by atoms with van der Waals surface area (Å²) in [7, 11) is 0. The number of amides is 2. The lowest BCUT2D eigenvalue weighted by Crippen LogP contribution is -2.28. The molecule has 1 N–H and O–H groups in total. The molecule has 2 heterocycles. The molecule has 2 aliphatic rings. The number of hydrogen-bond acceptors (Lipinski definition) is 4. The summed E-state index contributed by atoms with van der Waals surface area (Å²) in [4.78, 5) is 26.3. The van der Waals surface area contributed by atoms with Crippen molar-refractivity contribution in [3.8, 4) is 11.5 Å². The van der Waals surface area contributed by atoms with Gasteiger partial charge in [0.2, 0.25) is 11.8 Å². The highest BCUT2D eigenvalue weighted by Crippen LogP contribution is 2.36. The zero-order valence-corrected chi connectivity index (χ0v) is 14.2. The van der Waals surface area contributed by atoms with Crippen LogP contribution in [0.2, 0.25) is 0 Å². The van der Waals surface area contributed by atoms with Gasteiger partial charge < -0.3 is 19.7 Å². The summed E-state index contributed by atoms with van der Waals surface area (Å²) in [5, 5.41) is 2.42. The fraction of sp³-hybridized carbons (Fsp3) is 0.263. The van der Waals surface area contributed by atoms with E-state index in [1.807, 2.05) is 0 Å². The van der Waals surface area contributed by atoms with Gasteiger partial charge in [-0.2, -0.15) is 0 Å². The molecule has 0 radical (unpaired) electrons. The fourth-order valence-electron chi connectivity index (χ4n) is 3.16. The molecule has 2 aromatic carbocycles. The van der Waals surface area contributed by atoms with Gasteiger partial charge in [0.25, 0.3) is 0 Å². The minimum atomic E-state index is -0.864. The minimum Gasteiger partial charge on any atom is -0.486 e. The minimum absolute atomic E-state index is 0.00306. The van der Waals surface area contributed by atoms with Crippen molar-refractivity contribution >= 4 is 23.2 Å². The van der Waals surface area contributed by atoms with Crippen LogP contribution in [0.4, 0.5) is 20.2 Å². The van der Waals surface area contributed by atoms with Crippen LogP contribution in [0.5, 0.6) is 11.5 Å². The topological polar surface area (TPSA) is 67.9 Å². The molecule has 0 aromatic heterocycles. The highest BCUT2D eigenvalue weighted by molar-refractivity contribution is 6.03. The number of nitrogens with one attached hydrogen (secondary N) is 1. The van der Waals surface area contributed by atoms with Crippen molar-refractivity contribution in [2.45, 2.75) is 6.42 Å². The van der Waals surface area contributed by atoms with Crippen molar-refractivity contribution in [2.24, 2.45) is 5.92 Å².